The number of anilines is 1. The van der Waals surface area contributed by atoms with E-state index < -0.39 is 0 Å². The highest BCUT2D eigenvalue weighted by Gasteiger charge is 2.27. The highest BCUT2D eigenvalue weighted by Crippen LogP contribution is 2.40. The summed E-state index contributed by atoms with van der Waals surface area (Å²) in [5.41, 5.74) is 5.82. The Morgan fingerprint density at radius 2 is 2.17 bits per heavy atom. The summed E-state index contributed by atoms with van der Waals surface area (Å²) in [4.78, 5) is 2.56. The average molecular weight is 316 g/mol. The molecule has 126 valence electrons. The molecule has 0 bridgehead atoms. The first-order chi connectivity index (χ1) is 11.3. The molecule has 1 aromatic carbocycles. The molecule has 1 aromatic rings. The van der Waals surface area contributed by atoms with Gasteiger partial charge in [-0.3, -0.25) is 0 Å². The van der Waals surface area contributed by atoms with Crippen LogP contribution in [0, 0.1) is 12.8 Å². The molecule has 1 atom stereocenters. The maximum atomic E-state index is 6.04. The monoisotopic (exact) mass is 316 g/mol. The van der Waals surface area contributed by atoms with E-state index in [1.54, 1.807) is 5.56 Å². The van der Waals surface area contributed by atoms with Gasteiger partial charge >= 0.3 is 0 Å². The minimum atomic E-state index is 0.662. The smallest absolute Gasteiger partial charge is 0.143 e. The number of ether oxygens (including phenoxy) is 2. The summed E-state index contributed by atoms with van der Waals surface area (Å²) in [6, 6.07) is 2.31. The van der Waals surface area contributed by atoms with Crippen LogP contribution < -0.4 is 15.0 Å². The molecule has 3 aliphatic rings. The summed E-state index contributed by atoms with van der Waals surface area (Å²) in [5, 5.41) is 3.52. The Morgan fingerprint density at radius 3 is 3.04 bits per heavy atom. The molecule has 1 unspecified atom stereocenters. The van der Waals surface area contributed by atoms with E-state index in [4.69, 9.17) is 9.47 Å². The number of nitrogens with one attached hydrogen (secondary N) is 1. The zero-order valence-corrected chi connectivity index (χ0v) is 14.2. The number of rotatable bonds is 2. The minimum Gasteiger partial charge on any atom is -0.490 e. The van der Waals surface area contributed by atoms with Crippen LogP contribution in [0.3, 0.4) is 0 Å². The van der Waals surface area contributed by atoms with Crippen molar-refractivity contribution in [3.05, 3.63) is 22.8 Å². The molecule has 3 heterocycles. The number of fused-ring (bicyclic) bond motifs is 2. The van der Waals surface area contributed by atoms with Crippen LogP contribution in [-0.2, 0) is 17.6 Å². The van der Waals surface area contributed by atoms with E-state index >= 15 is 0 Å². The van der Waals surface area contributed by atoms with Gasteiger partial charge in [0.25, 0.3) is 0 Å². The Labute approximate surface area is 139 Å². The molecular weight excluding hydrogens is 288 g/mol. The van der Waals surface area contributed by atoms with Crippen molar-refractivity contribution in [1.82, 2.24) is 5.32 Å². The van der Waals surface area contributed by atoms with Crippen molar-refractivity contribution in [3.8, 4) is 5.75 Å². The second kappa shape index (κ2) is 6.70. The van der Waals surface area contributed by atoms with E-state index in [1.807, 2.05) is 0 Å². The van der Waals surface area contributed by atoms with Gasteiger partial charge in [-0.15, -0.1) is 0 Å². The van der Waals surface area contributed by atoms with Gasteiger partial charge in [-0.1, -0.05) is 0 Å². The van der Waals surface area contributed by atoms with Crippen molar-refractivity contribution >= 4 is 5.69 Å². The molecular formula is C19H28N2O2. The van der Waals surface area contributed by atoms with Crippen molar-refractivity contribution in [2.75, 3.05) is 50.9 Å². The molecule has 3 aliphatic heterocycles. The van der Waals surface area contributed by atoms with Gasteiger partial charge in [-0.05, 0) is 74.4 Å². The summed E-state index contributed by atoms with van der Waals surface area (Å²) in [5.74, 6) is 1.76. The molecule has 0 aliphatic carbocycles. The van der Waals surface area contributed by atoms with Crippen LogP contribution in [0.2, 0.25) is 0 Å². The largest absolute Gasteiger partial charge is 0.490 e. The van der Waals surface area contributed by atoms with Crippen LogP contribution in [0.25, 0.3) is 0 Å². The molecule has 4 heteroatoms. The first kappa shape index (κ1) is 15.3. The topological polar surface area (TPSA) is 33.7 Å². The second-order valence-electron chi connectivity index (χ2n) is 7.11. The van der Waals surface area contributed by atoms with Gasteiger partial charge in [0, 0.05) is 13.2 Å². The van der Waals surface area contributed by atoms with Crippen molar-refractivity contribution in [2.45, 2.75) is 32.6 Å². The molecule has 0 saturated carbocycles. The molecule has 0 amide bonds. The van der Waals surface area contributed by atoms with Crippen LogP contribution in [0.5, 0.6) is 5.75 Å². The zero-order chi connectivity index (χ0) is 15.6. The fourth-order valence-corrected chi connectivity index (χ4v) is 4.34. The lowest BCUT2D eigenvalue weighted by molar-refractivity contribution is 0.0567. The Kier molecular flexibility index (Phi) is 4.45. The van der Waals surface area contributed by atoms with E-state index in [0.717, 1.165) is 64.6 Å². The summed E-state index contributed by atoms with van der Waals surface area (Å²) in [7, 11) is 0. The van der Waals surface area contributed by atoms with E-state index in [1.165, 1.54) is 29.7 Å². The van der Waals surface area contributed by atoms with Crippen LogP contribution in [0.4, 0.5) is 5.69 Å². The zero-order valence-electron chi connectivity index (χ0n) is 14.2. The molecule has 0 spiro atoms. The highest BCUT2D eigenvalue weighted by molar-refractivity contribution is 5.69. The van der Waals surface area contributed by atoms with E-state index in [0.29, 0.717) is 5.92 Å². The maximum absolute atomic E-state index is 6.04. The van der Waals surface area contributed by atoms with Gasteiger partial charge in [-0.2, -0.15) is 0 Å². The highest BCUT2D eigenvalue weighted by atomic mass is 16.5. The molecule has 0 radical (unpaired) electrons. The van der Waals surface area contributed by atoms with E-state index in [-0.39, 0.29) is 0 Å². The standard InChI is InChI=1S/C19H28N2O2/c1-14-17-5-7-20-6-4-16(17)11-18-19(14)21(8-10-23-18)12-15-3-2-9-22-13-15/h11,15,20H,2-10,12-13H2,1H3. The van der Waals surface area contributed by atoms with E-state index in [2.05, 4.69) is 23.2 Å². The summed E-state index contributed by atoms with van der Waals surface area (Å²) < 4.78 is 11.7. The SMILES string of the molecule is Cc1c2c(cc3c1N(CC1CCCOC1)CCO3)CCNCC2. The lowest BCUT2D eigenvalue weighted by Crippen LogP contribution is -2.39. The number of hydrogen-bond acceptors (Lipinski definition) is 4. The predicted octanol–water partition coefficient (Wildman–Crippen LogP) is 2.31. The van der Waals surface area contributed by atoms with Crippen LogP contribution in [0.15, 0.2) is 6.07 Å². The van der Waals surface area contributed by atoms with Gasteiger partial charge in [0.1, 0.15) is 12.4 Å². The van der Waals surface area contributed by atoms with Crippen LogP contribution >= 0.6 is 0 Å². The number of nitrogens with zero attached hydrogens (tertiary/aromatic N) is 1. The van der Waals surface area contributed by atoms with Gasteiger partial charge < -0.3 is 19.7 Å². The van der Waals surface area contributed by atoms with Crippen LogP contribution in [0.1, 0.15) is 29.5 Å². The van der Waals surface area contributed by atoms with Gasteiger partial charge in [0.05, 0.1) is 18.8 Å². The summed E-state index contributed by atoms with van der Waals surface area (Å²) >= 11 is 0. The predicted molar refractivity (Wildman–Crippen MR) is 92.7 cm³/mol. The first-order valence-corrected chi connectivity index (χ1v) is 9.14. The van der Waals surface area contributed by atoms with Gasteiger partial charge in [0.2, 0.25) is 0 Å². The van der Waals surface area contributed by atoms with Gasteiger partial charge in [0.15, 0.2) is 0 Å². The van der Waals surface area contributed by atoms with Gasteiger partial charge in [-0.25, -0.2) is 0 Å². The van der Waals surface area contributed by atoms with E-state index in [9.17, 15) is 0 Å². The maximum Gasteiger partial charge on any atom is 0.143 e. The molecule has 0 aromatic heterocycles. The Bertz CT molecular complexity index is 567. The van der Waals surface area contributed by atoms with Crippen molar-refractivity contribution in [1.29, 1.82) is 0 Å². The lowest BCUT2D eigenvalue weighted by atomic mass is 9.93. The molecule has 4 nitrogen and oxygen atoms in total. The first-order valence-electron chi connectivity index (χ1n) is 9.14. The molecule has 4 rings (SSSR count). The molecule has 1 saturated heterocycles. The summed E-state index contributed by atoms with van der Waals surface area (Å²) in [6.45, 7) is 9.23. The Morgan fingerprint density at radius 1 is 1.26 bits per heavy atom. The van der Waals surface area contributed by atoms with Crippen molar-refractivity contribution < 1.29 is 9.47 Å². The normalized spacial score (nSPS) is 24.4. The number of hydrogen-bond donors (Lipinski definition) is 1. The Balaban J connectivity index is 1.64. The quantitative estimate of drug-likeness (QED) is 0.908. The molecule has 1 fully saturated rings. The third kappa shape index (κ3) is 3.07. The van der Waals surface area contributed by atoms with Crippen LogP contribution in [-0.4, -0.2) is 46.0 Å². The third-order valence-electron chi connectivity index (χ3n) is 5.53. The second-order valence-corrected chi connectivity index (χ2v) is 7.11. The Hall–Kier alpha value is -1.26. The summed E-state index contributed by atoms with van der Waals surface area (Å²) in [6.07, 6.45) is 4.75. The fourth-order valence-electron chi connectivity index (χ4n) is 4.34. The number of benzene rings is 1. The van der Waals surface area contributed by atoms with Crippen molar-refractivity contribution in [3.63, 3.8) is 0 Å². The minimum absolute atomic E-state index is 0.662. The van der Waals surface area contributed by atoms with Crippen molar-refractivity contribution in [2.24, 2.45) is 5.92 Å². The molecule has 23 heavy (non-hydrogen) atoms. The third-order valence-corrected chi connectivity index (χ3v) is 5.53. The lowest BCUT2D eigenvalue weighted by Gasteiger charge is -2.37. The fraction of sp³-hybridized carbons (Fsp3) is 0.684. The molecule has 1 N–H and O–H groups in total. The average Bonchev–Trinajstić information content (AvgIpc) is 2.82.